The summed E-state index contributed by atoms with van der Waals surface area (Å²) in [5, 5.41) is 8.31. The van der Waals surface area contributed by atoms with Crippen LogP contribution < -0.4 is 15.1 Å². The summed E-state index contributed by atoms with van der Waals surface area (Å²) < 4.78 is 44.4. The number of benzene rings is 2. The van der Waals surface area contributed by atoms with Gasteiger partial charge in [0.05, 0.1) is 22.8 Å². The number of amides is 2. The van der Waals surface area contributed by atoms with Crippen LogP contribution in [0.4, 0.5) is 18.9 Å². The molecule has 1 heterocycles. The van der Waals surface area contributed by atoms with Gasteiger partial charge in [-0.15, -0.1) is 0 Å². The van der Waals surface area contributed by atoms with E-state index in [4.69, 9.17) is 21.5 Å². The zero-order valence-electron chi connectivity index (χ0n) is 13.5. The maximum Gasteiger partial charge on any atom is 0.417 e. The van der Waals surface area contributed by atoms with Crippen LogP contribution in [-0.4, -0.2) is 23.6 Å². The van der Waals surface area contributed by atoms with Gasteiger partial charge in [-0.1, -0.05) is 17.7 Å². The number of carbonyl (C=O) groups excluding carboxylic acids is 2. The zero-order chi connectivity index (χ0) is 19.8. The Labute approximate surface area is 156 Å². The highest BCUT2D eigenvalue weighted by atomic mass is 35.5. The normalized spacial score (nSPS) is 13.8. The molecule has 2 aromatic carbocycles. The van der Waals surface area contributed by atoms with Crippen molar-refractivity contribution in [2.75, 3.05) is 11.5 Å². The van der Waals surface area contributed by atoms with E-state index in [1.807, 2.05) is 0 Å². The monoisotopic (exact) mass is 400 g/mol. The lowest BCUT2D eigenvalue weighted by atomic mass is 10.1. The third kappa shape index (κ3) is 3.83. The average molecular weight is 401 g/mol. The predicted octanol–water partition coefficient (Wildman–Crippen LogP) is 3.40. The minimum absolute atomic E-state index is 0.0478. The van der Waals surface area contributed by atoms with Gasteiger partial charge in [0.15, 0.2) is 6.61 Å². The summed E-state index contributed by atoms with van der Waals surface area (Å²) in [6.07, 6.45) is -4.63. The van der Waals surface area contributed by atoms with E-state index in [0.717, 1.165) is 12.1 Å². The fourth-order valence-electron chi connectivity index (χ4n) is 2.65. The molecule has 0 radical (unpaired) electrons. The molecule has 1 aliphatic rings. The molecular weight excluding hydrogens is 389 g/mol. The van der Waals surface area contributed by atoms with Crippen molar-refractivity contribution in [3.63, 3.8) is 0 Å². The Morgan fingerprint density at radius 2 is 2.00 bits per heavy atom. The number of alkyl halides is 3. The maximum atomic E-state index is 13.1. The molecule has 0 unspecified atom stereocenters. The van der Waals surface area contributed by atoms with E-state index >= 15 is 0 Å². The van der Waals surface area contributed by atoms with E-state index in [1.54, 1.807) is 0 Å². The second-order valence-corrected chi connectivity index (χ2v) is 6.11. The number of hydrogen-bond donors (Lipinski definition) is 2. The molecule has 6 nitrogen and oxygen atoms in total. The number of nitrogens with zero attached hydrogens (tertiary/aromatic N) is 1. The number of anilines is 1. The minimum atomic E-state index is -4.63. The number of hydrogen-bond acceptors (Lipinski definition) is 4. The summed E-state index contributed by atoms with van der Waals surface area (Å²) in [5.41, 5.74) is 0.919. The summed E-state index contributed by atoms with van der Waals surface area (Å²) in [5.74, 6) is -1.01. The molecule has 0 saturated carbocycles. The third-order valence-electron chi connectivity index (χ3n) is 3.94. The van der Waals surface area contributed by atoms with Gasteiger partial charge in [0.25, 0.3) is 11.8 Å². The Morgan fingerprint density at radius 1 is 1.26 bits per heavy atom. The molecule has 2 N–H and O–H groups in total. The number of hydroxylamine groups is 1. The molecule has 0 bridgehead atoms. The number of fused-ring (bicyclic) bond motifs is 1. The number of nitrogens with one attached hydrogen (secondary N) is 1. The highest BCUT2D eigenvalue weighted by Crippen LogP contribution is 2.37. The molecule has 142 valence electrons. The summed E-state index contributed by atoms with van der Waals surface area (Å²) in [7, 11) is 0. The van der Waals surface area contributed by atoms with Crippen molar-refractivity contribution in [1.82, 2.24) is 5.48 Å². The number of halogens is 4. The van der Waals surface area contributed by atoms with Crippen LogP contribution in [0.25, 0.3) is 0 Å². The van der Waals surface area contributed by atoms with Crippen LogP contribution in [0.15, 0.2) is 36.4 Å². The van der Waals surface area contributed by atoms with Crippen molar-refractivity contribution >= 4 is 29.1 Å². The molecule has 0 fully saturated rings. The molecule has 2 aromatic rings. The van der Waals surface area contributed by atoms with Crippen LogP contribution in [0.2, 0.25) is 5.02 Å². The van der Waals surface area contributed by atoms with Crippen molar-refractivity contribution in [3.05, 3.63) is 58.1 Å². The van der Waals surface area contributed by atoms with Crippen LogP contribution in [0.1, 0.15) is 21.5 Å². The average Bonchev–Trinajstić information content (AvgIpc) is 2.63. The Kier molecular flexibility index (Phi) is 4.99. The van der Waals surface area contributed by atoms with Crippen molar-refractivity contribution in [1.29, 1.82) is 0 Å². The molecule has 10 heteroatoms. The van der Waals surface area contributed by atoms with Gasteiger partial charge in [0.1, 0.15) is 5.75 Å². The lowest BCUT2D eigenvalue weighted by Gasteiger charge is -2.30. The van der Waals surface area contributed by atoms with E-state index < -0.39 is 28.6 Å². The maximum absolute atomic E-state index is 13.1. The van der Waals surface area contributed by atoms with Gasteiger partial charge in [-0.05, 0) is 35.9 Å². The van der Waals surface area contributed by atoms with Gasteiger partial charge in [-0.3, -0.25) is 14.8 Å². The quantitative estimate of drug-likeness (QED) is 0.611. The predicted molar refractivity (Wildman–Crippen MR) is 88.8 cm³/mol. The van der Waals surface area contributed by atoms with Crippen LogP contribution >= 0.6 is 11.6 Å². The first-order chi connectivity index (χ1) is 12.7. The highest BCUT2D eigenvalue weighted by Gasteiger charge is 2.34. The van der Waals surface area contributed by atoms with Crippen LogP contribution in [-0.2, 0) is 17.5 Å². The first-order valence-corrected chi connectivity index (χ1v) is 7.96. The summed E-state index contributed by atoms with van der Waals surface area (Å²) in [4.78, 5) is 25.1. The van der Waals surface area contributed by atoms with E-state index in [9.17, 15) is 22.8 Å². The van der Waals surface area contributed by atoms with E-state index in [1.165, 1.54) is 34.6 Å². The molecule has 0 atom stereocenters. The molecule has 2 amide bonds. The van der Waals surface area contributed by atoms with Crippen LogP contribution in [0.3, 0.4) is 0 Å². The number of carbonyl (C=O) groups is 2. The van der Waals surface area contributed by atoms with E-state index in [2.05, 4.69) is 0 Å². The van der Waals surface area contributed by atoms with Crippen molar-refractivity contribution < 1.29 is 32.7 Å². The van der Waals surface area contributed by atoms with Crippen molar-refractivity contribution in [2.45, 2.75) is 12.7 Å². The number of ether oxygens (including phenoxy) is 1. The second-order valence-electron chi connectivity index (χ2n) is 5.70. The molecule has 27 heavy (non-hydrogen) atoms. The zero-order valence-corrected chi connectivity index (χ0v) is 14.3. The van der Waals surface area contributed by atoms with Gasteiger partial charge >= 0.3 is 6.18 Å². The number of rotatable bonds is 3. The largest absolute Gasteiger partial charge is 0.482 e. The van der Waals surface area contributed by atoms with Crippen molar-refractivity contribution in [2.24, 2.45) is 0 Å². The summed E-state index contributed by atoms with van der Waals surface area (Å²) in [6, 6.07) is 7.48. The highest BCUT2D eigenvalue weighted by molar-refractivity contribution is 6.31. The second kappa shape index (κ2) is 7.09. The van der Waals surface area contributed by atoms with Gasteiger partial charge in [-0.25, -0.2) is 5.48 Å². The van der Waals surface area contributed by atoms with Crippen LogP contribution in [0.5, 0.6) is 5.75 Å². The fourth-order valence-corrected chi connectivity index (χ4v) is 2.88. The van der Waals surface area contributed by atoms with Gasteiger partial charge in [0.2, 0.25) is 0 Å². The first-order valence-electron chi connectivity index (χ1n) is 7.58. The minimum Gasteiger partial charge on any atom is -0.482 e. The molecule has 1 aliphatic heterocycles. The van der Waals surface area contributed by atoms with Crippen LogP contribution in [0, 0.1) is 0 Å². The van der Waals surface area contributed by atoms with Gasteiger partial charge in [0, 0.05) is 5.56 Å². The van der Waals surface area contributed by atoms with Gasteiger partial charge in [-0.2, -0.15) is 13.2 Å². The smallest absolute Gasteiger partial charge is 0.417 e. The molecule has 0 aromatic heterocycles. The third-order valence-corrected chi connectivity index (χ3v) is 4.27. The molecular formula is C17H12ClF3N2O4. The molecule has 0 aliphatic carbocycles. The van der Waals surface area contributed by atoms with E-state index in [-0.39, 0.29) is 35.7 Å². The Morgan fingerprint density at radius 3 is 2.67 bits per heavy atom. The Bertz CT molecular complexity index is 918. The standard InChI is InChI=1S/C17H12ClF3N2O4/c18-12-3-1-9(5-11(12)17(19,20)21)7-23-13-6-10(16(25)22-26)2-4-14(13)27-8-15(23)24/h1-6,26H,7-8H2,(H,22,25). The lowest BCUT2D eigenvalue weighted by Crippen LogP contribution is -2.38. The SMILES string of the molecule is O=C(NO)c1ccc2c(c1)N(Cc1ccc(Cl)c(C(F)(F)F)c1)C(=O)CO2. The fraction of sp³-hybridized carbons (Fsp3) is 0.176. The van der Waals surface area contributed by atoms with Gasteiger partial charge < -0.3 is 9.64 Å². The first kappa shape index (κ1) is 19.0. The van der Waals surface area contributed by atoms with Crippen molar-refractivity contribution in [3.8, 4) is 5.75 Å². The lowest BCUT2D eigenvalue weighted by molar-refractivity contribution is -0.137. The molecule has 0 saturated heterocycles. The summed E-state index contributed by atoms with van der Waals surface area (Å²) >= 11 is 5.62. The Hall–Kier alpha value is -2.78. The molecule has 0 spiro atoms. The van der Waals surface area contributed by atoms with E-state index in [0.29, 0.717) is 0 Å². The molecule has 3 rings (SSSR count). The topological polar surface area (TPSA) is 78.9 Å². The summed E-state index contributed by atoms with van der Waals surface area (Å²) in [6.45, 7) is -0.474. The Balaban J connectivity index is 1.99.